The van der Waals surface area contributed by atoms with Crippen LogP contribution in [0.25, 0.3) is 0 Å². The predicted octanol–water partition coefficient (Wildman–Crippen LogP) is 3.27. The minimum absolute atomic E-state index is 0.154. The molecule has 84 valence electrons. The van der Waals surface area contributed by atoms with Crippen LogP contribution >= 0.6 is 0 Å². The summed E-state index contributed by atoms with van der Waals surface area (Å²) in [6, 6.07) is 0. The minimum Gasteiger partial charge on any atom is -0.253 e. The molecule has 0 bridgehead atoms. The second-order valence-corrected chi connectivity index (χ2v) is 8.22. The first-order valence-corrected chi connectivity index (χ1v) is 7.47. The second-order valence-electron chi connectivity index (χ2n) is 5.74. The third-order valence-corrected chi connectivity index (χ3v) is 5.28. The van der Waals surface area contributed by atoms with E-state index in [-0.39, 0.29) is 5.25 Å². The number of hydrogen-bond acceptors (Lipinski definition) is 2. The van der Waals surface area contributed by atoms with E-state index in [0.717, 1.165) is 31.6 Å². The van der Waals surface area contributed by atoms with Gasteiger partial charge in [-0.2, -0.15) is 0 Å². The van der Waals surface area contributed by atoms with Crippen molar-refractivity contribution in [2.45, 2.75) is 51.7 Å². The first kappa shape index (κ1) is 12.0. The lowest BCUT2D eigenvalue weighted by atomic mass is 9.72. The van der Waals surface area contributed by atoms with Crippen molar-refractivity contribution in [1.29, 1.82) is 4.78 Å². The van der Waals surface area contributed by atoms with Gasteiger partial charge in [-0.1, -0.05) is 20.8 Å². The quantitative estimate of drug-likeness (QED) is 0.719. The molecule has 1 aliphatic carbocycles. The maximum atomic E-state index is 11.6. The normalized spacial score (nSPS) is 33.7. The van der Waals surface area contributed by atoms with Crippen molar-refractivity contribution in [3.63, 3.8) is 0 Å². The molecule has 1 N–H and O–H groups in total. The molecule has 0 saturated heterocycles. The topological polar surface area (TPSA) is 40.9 Å². The van der Waals surface area contributed by atoms with Crippen molar-refractivity contribution in [2.75, 3.05) is 6.26 Å². The van der Waals surface area contributed by atoms with Gasteiger partial charge in [0.15, 0.2) is 0 Å². The van der Waals surface area contributed by atoms with E-state index in [1.165, 1.54) is 0 Å². The molecule has 1 atom stereocenters. The largest absolute Gasteiger partial charge is 0.253 e. The van der Waals surface area contributed by atoms with Crippen LogP contribution in [0.4, 0.5) is 0 Å². The van der Waals surface area contributed by atoms with Gasteiger partial charge in [0.2, 0.25) is 0 Å². The van der Waals surface area contributed by atoms with E-state index >= 15 is 0 Å². The summed E-state index contributed by atoms with van der Waals surface area (Å²) in [5.74, 6) is 0.750. The fourth-order valence-corrected chi connectivity index (χ4v) is 3.55. The summed E-state index contributed by atoms with van der Waals surface area (Å²) in [5, 5.41) is 0.154. The van der Waals surface area contributed by atoms with E-state index in [1.54, 1.807) is 6.26 Å². The summed E-state index contributed by atoms with van der Waals surface area (Å²) in [4.78, 5) is 0. The lowest BCUT2D eigenvalue weighted by Crippen LogP contribution is -2.31. The molecule has 1 fully saturated rings. The van der Waals surface area contributed by atoms with Crippen molar-refractivity contribution in [3.05, 3.63) is 0 Å². The molecule has 1 unspecified atom stereocenters. The van der Waals surface area contributed by atoms with E-state index in [9.17, 15) is 4.21 Å². The molecule has 1 aliphatic rings. The third kappa shape index (κ3) is 2.97. The van der Waals surface area contributed by atoms with Crippen molar-refractivity contribution in [1.82, 2.24) is 0 Å². The van der Waals surface area contributed by atoms with Crippen LogP contribution in [0.1, 0.15) is 46.5 Å². The van der Waals surface area contributed by atoms with Gasteiger partial charge in [0.25, 0.3) is 0 Å². The molecule has 3 heteroatoms. The zero-order chi connectivity index (χ0) is 11.0. The molecule has 0 amide bonds. The van der Waals surface area contributed by atoms with E-state index in [2.05, 4.69) is 20.8 Å². The molecular weight excluding hydrogens is 194 g/mol. The molecule has 2 nitrogen and oxygen atoms in total. The molecular formula is C11H23NOS. The van der Waals surface area contributed by atoms with Gasteiger partial charge in [-0.05, 0) is 37.0 Å². The van der Waals surface area contributed by atoms with Crippen LogP contribution in [-0.2, 0) is 9.73 Å². The van der Waals surface area contributed by atoms with Gasteiger partial charge in [-0.3, -0.25) is 4.78 Å². The average Bonchev–Trinajstić information content (AvgIpc) is 2.01. The van der Waals surface area contributed by atoms with Gasteiger partial charge in [0, 0.05) is 21.2 Å². The highest BCUT2D eigenvalue weighted by molar-refractivity contribution is 7.92. The zero-order valence-corrected chi connectivity index (χ0v) is 10.6. The predicted molar refractivity (Wildman–Crippen MR) is 62.0 cm³/mol. The van der Waals surface area contributed by atoms with Crippen LogP contribution in [0, 0.1) is 16.1 Å². The third-order valence-electron chi connectivity index (χ3n) is 3.54. The van der Waals surface area contributed by atoms with Crippen LogP contribution in [0.2, 0.25) is 0 Å². The Hall–Kier alpha value is -0.0500. The lowest BCUT2D eigenvalue weighted by Gasteiger charge is -2.36. The Kier molecular flexibility index (Phi) is 3.30. The van der Waals surface area contributed by atoms with Crippen LogP contribution in [-0.4, -0.2) is 15.7 Å². The van der Waals surface area contributed by atoms with Gasteiger partial charge in [-0.15, -0.1) is 0 Å². The van der Waals surface area contributed by atoms with Gasteiger partial charge in [0.1, 0.15) is 0 Å². The highest BCUT2D eigenvalue weighted by atomic mass is 32.2. The molecule has 0 radical (unpaired) electrons. The Balaban J connectivity index is 2.56. The lowest BCUT2D eigenvalue weighted by molar-refractivity contribution is 0.181. The summed E-state index contributed by atoms with van der Waals surface area (Å²) in [5.41, 5.74) is 0.377. The van der Waals surface area contributed by atoms with Gasteiger partial charge in [-0.25, -0.2) is 4.21 Å². The zero-order valence-electron chi connectivity index (χ0n) is 9.80. The molecule has 0 aliphatic heterocycles. The monoisotopic (exact) mass is 217 g/mol. The van der Waals surface area contributed by atoms with Crippen molar-refractivity contribution in [3.8, 4) is 0 Å². The van der Waals surface area contributed by atoms with Gasteiger partial charge in [0.05, 0.1) is 0 Å². The molecule has 0 heterocycles. The highest BCUT2D eigenvalue weighted by Gasteiger charge is 2.31. The molecule has 1 saturated carbocycles. The van der Waals surface area contributed by atoms with Gasteiger partial charge < -0.3 is 0 Å². The maximum absolute atomic E-state index is 11.6. The summed E-state index contributed by atoms with van der Waals surface area (Å²) in [7, 11) is -2.29. The maximum Gasteiger partial charge on any atom is 0.0441 e. The second kappa shape index (κ2) is 3.84. The van der Waals surface area contributed by atoms with Gasteiger partial charge >= 0.3 is 0 Å². The van der Waals surface area contributed by atoms with E-state index < -0.39 is 9.73 Å². The first-order valence-electron chi connectivity index (χ1n) is 5.44. The minimum atomic E-state index is -2.29. The van der Waals surface area contributed by atoms with Crippen LogP contribution in [0.3, 0.4) is 0 Å². The Bertz CT molecular complexity index is 279. The summed E-state index contributed by atoms with van der Waals surface area (Å²) in [6.45, 7) is 6.84. The van der Waals surface area contributed by atoms with Crippen LogP contribution in [0.5, 0.6) is 0 Å². The highest BCUT2D eigenvalue weighted by Crippen LogP contribution is 2.39. The first-order chi connectivity index (χ1) is 6.21. The van der Waals surface area contributed by atoms with Crippen molar-refractivity contribution in [2.24, 2.45) is 11.3 Å². The molecule has 0 spiro atoms. The van der Waals surface area contributed by atoms with E-state index in [1.807, 2.05) is 0 Å². The average molecular weight is 217 g/mol. The number of rotatable bonds is 1. The molecule has 0 aromatic heterocycles. The molecule has 14 heavy (non-hydrogen) atoms. The molecule has 0 aromatic carbocycles. The molecule has 0 aromatic rings. The number of hydrogen-bond donors (Lipinski definition) is 1. The van der Waals surface area contributed by atoms with Crippen LogP contribution in [0.15, 0.2) is 0 Å². The fraction of sp³-hybridized carbons (Fsp3) is 1.00. The Labute approximate surface area is 88.5 Å². The number of nitrogens with one attached hydrogen (secondary N) is 1. The SMILES string of the molecule is CC(C)(C)C1CCC(S(C)(=N)=O)CC1. The Morgan fingerprint density at radius 2 is 1.57 bits per heavy atom. The standard InChI is InChI=1S/C11H23NOS/c1-11(2,3)9-5-7-10(8-6-9)14(4,12)13/h9-10,12H,5-8H2,1-4H3. The van der Waals surface area contributed by atoms with Crippen molar-refractivity contribution >= 4 is 9.73 Å². The van der Waals surface area contributed by atoms with E-state index in [0.29, 0.717) is 5.41 Å². The van der Waals surface area contributed by atoms with Crippen LogP contribution < -0.4 is 0 Å². The Morgan fingerprint density at radius 3 is 1.86 bits per heavy atom. The fourth-order valence-electron chi connectivity index (χ4n) is 2.38. The Morgan fingerprint density at radius 1 is 1.14 bits per heavy atom. The molecule has 1 rings (SSSR count). The summed E-state index contributed by atoms with van der Waals surface area (Å²) >= 11 is 0. The van der Waals surface area contributed by atoms with E-state index in [4.69, 9.17) is 4.78 Å². The summed E-state index contributed by atoms with van der Waals surface area (Å²) < 4.78 is 19.1. The smallest absolute Gasteiger partial charge is 0.0441 e. The summed E-state index contributed by atoms with van der Waals surface area (Å²) in [6.07, 6.45) is 5.87. The van der Waals surface area contributed by atoms with Crippen molar-refractivity contribution < 1.29 is 4.21 Å².